The number of nitrogens with zero attached hydrogens (tertiary/aromatic N) is 7. The summed E-state index contributed by atoms with van der Waals surface area (Å²) in [5.41, 5.74) is 3.54. The van der Waals surface area contributed by atoms with Crippen LogP contribution in [0.15, 0.2) is 0 Å². The molecular formula is C14H22ClN7. The van der Waals surface area contributed by atoms with E-state index in [2.05, 4.69) is 32.4 Å². The Morgan fingerprint density at radius 3 is 2.59 bits per heavy atom. The molecule has 3 heterocycles. The van der Waals surface area contributed by atoms with Crippen molar-refractivity contribution in [3.63, 3.8) is 0 Å². The number of fused-ring (bicyclic) bond motifs is 3. The van der Waals surface area contributed by atoms with Gasteiger partial charge in [-0.1, -0.05) is 0 Å². The summed E-state index contributed by atoms with van der Waals surface area (Å²) in [5.74, 6) is 1.11. The molecule has 1 aliphatic heterocycles. The van der Waals surface area contributed by atoms with Gasteiger partial charge in [0.1, 0.15) is 0 Å². The first-order valence-corrected chi connectivity index (χ1v) is 7.86. The number of aryl methyl sites for hydroxylation is 1. The first-order chi connectivity index (χ1) is 10.3. The largest absolute Gasteiger partial charge is 0.354 e. The molecule has 0 aromatic carbocycles. The fourth-order valence-corrected chi connectivity index (χ4v) is 3.49. The fraction of sp³-hybridized carbons (Fsp3) is 0.714. The van der Waals surface area contributed by atoms with Crippen LogP contribution in [0.3, 0.4) is 0 Å². The van der Waals surface area contributed by atoms with Crippen LogP contribution in [0.2, 0.25) is 0 Å². The van der Waals surface area contributed by atoms with Gasteiger partial charge in [-0.05, 0) is 56.1 Å². The van der Waals surface area contributed by atoms with Crippen LogP contribution < -0.4 is 4.90 Å². The second-order valence-corrected chi connectivity index (χ2v) is 6.12. The number of rotatable bonds is 1. The molecule has 0 unspecified atom stereocenters. The number of likely N-dealkylation sites (N-methyl/N-ethyl adjacent to an activating group) is 1. The molecule has 0 atom stereocenters. The van der Waals surface area contributed by atoms with Crippen molar-refractivity contribution < 1.29 is 0 Å². The van der Waals surface area contributed by atoms with Gasteiger partial charge in [-0.15, -0.1) is 27.2 Å². The molecule has 22 heavy (non-hydrogen) atoms. The van der Waals surface area contributed by atoms with E-state index in [0.717, 1.165) is 50.5 Å². The molecule has 8 heteroatoms. The first-order valence-electron chi connectivity index (χ1n) is 7.86. The summed E-state index contributed by atoms with van der Waals surface area (Å²) in [6.07, 6.45) is 5.82. The predicted molar refractivity (Wildman–Crippen MR) is 86.8 cm³/mol. The van der Waals surface area contributed by atoms with Crippen molar-refractivity contribution in [1.29, 1.82) is 0 Å². The zero-order chi connectivity index (χ0) is 14.2. The summed E-state index contributed by atoms with van der Waals surface area (Å²) in [6.45, 7) is 4.34. The van der Waals surface area contributed by atoms with Crippen LogP contribution in [0.4, 0.5) is 5.82 Å². The molecule has 0 amide bonds. The maximum absolute atomic E-state index is 4.73. The zero-order valence-electron chi connectivity index (χ0n) is 12.9. The van der Waals surface area contributed by atoms with E-state index >= 15 is 0 Å². The molecule has 1 aliphatic carbocycles. The summed E-state index contributed by atoms with van der Waals surface area (Å²) in [4.78, 5) is 4.82. The molecule has 7 nitrogen and oxygen atoms in total. The Bertz CT molecular complexity index is 656. The third-order valence-electron chi connectivity index (χ3n) is 4.67. The third-order valence-corrected chi connectivity index (χ3v) is 4.67. The minimum absolute atomic E-state index is 0. The van der Waals surface area contributed by atoms with Gasteiger partial charge in [-0.25, -0.2) is 0 Å². The van der Waals surface area contributed by atoms with Gasteiger partial charge in [-0.3, -0.25) is 0 Å². The quantitative estimate of drug-likeness (QED) is 0.779. The minimum Gasteiger partial charge on any atom is -0.354 e. The van der Waals surface area contributed by atoms with Gasteiger partial charge in [0.25, 0.3) is 0 Å². The average molecular weight is 324 g/mol. The highest BCUT2D eigenvalue weighted by Gasteiger charge is 2.24. The minimum atomic E-state index is 0. The second-order valence-electron chi connectivity index (χ2n) is 6.12. The molecule has 0 radical (unpaired) electrons. The summed E-state index contributed by atoms with van der Waals surface area (Å²) >= 11 is 0. The Kier molecular flexibility index (Phi) is 4.44. The van der Waals surface area contributed by atoms with Crippen molar-refractivity contribution in [2.75, 3.05) is 38.1 Å². The maximum Gasteiger partial charge on any atom is 0.203 e. The van der Waals surface area contributed by atoms with E-state index in [1.165, 1.54) is 30.4 Å². The Hall–Kier alpha value is -1.47. The lowest BCUT2D eigenvalue weighted by atomic mass is 9.92. The summed E-state index contributed by atoms with van der Waals surface area (Å²) in [5, 5.41) is 16.7. The van der Waals surface area contributed by atoms with Crippen molar-refractivity contribution in [3.05, 3.63) is 11.1 Å². The number of hydrogen-bond donors (Lipinski definition) is 0. The van der Waals surface area contributed by atoms with E-state index in [9.17, 15) is 0 Å². The van der Waals surface area contributed by atoms with Crippen molar-refractivity contribution in [2.24, 2.45) is 0 Å². The number of anilines is 1. The topological polar surface area (TPSA) is 62.5 Å². The van der Waals surface area contributed by atoms with Crippen LogP contribution in [0.1, 0.15) is 30.4 Å². The Morgan fingerprint density at radius 2 is 1.73 bits per heavy atom. The van der Waals surface area contributed by atoms with Crippen LogP contribution in [0.5, 0.6) is 0 Å². The van der Waals surface area contributed by atoms with Gasteiger partial charge in [0.15, 0.2) is 5.82 Å². The van der Waals surface area contributed by atoms with Crippen LogP contribution in [-0.2, 0) is 12.8 Å². The van der Waals surface area contributed by atoms with Gasteiger partial charge < -0.3 is 9.80 Å². The lowest BCUT2D eigenvalue weighted by Gasteiger charge is -2.27. The van der Waals surface area contributed by atoms with E-state index in [0.29, 0.717) is 0 Å². The molecule has 0 spiro atoms. The van der Waals surface area contributed by atoms with Crippen LogP contribution in [0.25, 0.3) is 5.65 Å². The standard InChI is InChI=1S/C14H21N7.ClH/c1-19-7-4-8-20(10-9-19)14-12-6-3-2-5-11(12)13-15-17-18-21(13)16-14;/h2-10H2,1H3;1H. The van der Waals surface area contributed by atoms with Crippen molar-refractivity contribution in [1.82, 2.24) is 30.2 Å². The fourth-order valence-electron chi connectivity index (χ4n) is 3.49. The van der Waals surface area contributed by atoms with E-state index in [1.807, 2.05) is 0 Å². The van der Waals surface area contributed by atoms with E-state index in [1.54, 1.807) is 4.63 Å². The maximum atomic E-state index is 4.73. The Morgan fingerprint density at radius 1 is 0.909 bits per heavy atom. The van der Waals surface area contributed by atoms with E-state index in [-0.39, 0.29) is 12.4 Å². The number of halogens is 1. The molecule has 1 saturated heterocycles. The van der Waals surface area contributed by atoms with Crippen LogP contribution in [-0.4, -0.2) is 63.4 Å². The normalized spacial score (nSPS) is 19.6. The number of aromatic nitrogens is 5. The Labute approximate surface area is 136 Å². The number of hydrogen-bond acceptors (Lipinski definition) is 6. The third kappa shape index (κ3) is 2.63. The van der Waals surface area contributed by atoms with Gasteiger partial charge in [0.2, 0.25) is 5.65 Å². The molecule has 4 rings (SSSR count). The van der Waals surface area contributed by atoms with Gasteiger partial charge in [0, 0.05) is 30.8 Å². The monoisotopic (exact) mass is 323 g/mol. The highest BCUT2D eigenvalue weighted by molar-refractivity contribution is 5.85. The number of tetrazole rings is 1. The summed E-state index contributed by atoms with van der Waals surface area (Å²) in [7, 11) is 2.19. The lowest BCUT2D eigenvalue weighted by molar-refractivity contribution is 0.360. The molecule has 1 fully saturated rings. The first kappa shape index (κ1) is 15.4. The predicted octanol–water partition coefficient (Wildman–Crippen LogP) is 0.962. The highest BCUT2D eigenvalue weighted by atomic mass is 35.5. The van der Waals surface area contributed by atoms with E-state index < -0.39 is 0 Å². The Balaban J connectivity index is 0.00000144. The molecular weight excluding hydrogens is 302 g/mol. The highest BCUT2D eigenvalue weighted by Crippen LogP contribution is 2.30. The van der Waals surface area contributed by atoms with E-state index in [4.69, 9.17) is 5.10 Å². The molecule has 0 bridgehead atoms. The van der Waals surface area contributed by atoms with Gasteiger partial charge in [-0.2, -0.15) is 0 Å². The lowest BCUT2D eigenvalue weighted by Crippen LogP contribution is -2.31. The average Bonchev–Trinajstić information content (AvgIpc) is 2.88. The molecule has 2 aromatic rings. The second kappa shape index (κ2) is 6.34. The molecule has 0 N–H and O–H groups in total. The van der Waals surface area contributed by atoms with Crippen molar-refractivity contribution in [3.8, 4) is 0 Å². The summed E-state index contributed by atoms with van der Waals surface area (Å²) < 4.78 is 1.62. The zero-order valence-corrected chi connectivity index (χ0v) is 13.7. The smallest absolute Gasteiger partial charge is 0.203 e. The van der Waals surface area contributed by atoms with Crippen molar-refractivity contribution >= 4 is 23.9 Å². The molecule has 2 aliphatic rings. The van der Waals surface area contributed by atoms with Gasteiger partial charge >= 0.3 is 0 Å². The molecule has 0 saturated carbocycles. The molecule has 120 valence electrons. The SMILES string of the molecule is CN1CCCN(c2nn3nnnc3c3c2CCCC3)CC1.Cl. The van der Waals surface area contributed by atoms with Gasteiger partial charge in [0.05, 0.1) is 0 Å². The van der Waals surface area contributed by atoms with Crippen LogP contribution >= 0.6 is 12.4 Å². The molecule has 2 aromatic heterocycles. The summed E-state index contributed by atoms with van der Waals surface area (Å²) in [6, 6.07) is 0. The van der Waals surface area contributed by atoms with Crippen LogP contribution in [0, 0.1) is 0 Å². The van der Waals surface area contributed by atoms with Crippen molar-refractivity contribution in [2.45, 2.75) is 32.1 Å².